The molecule has 0 bridgehead atoms. The first-order valence-corrected chi connectivity index (χ1v) is 14.2. The zero-order valence-electron chi connectivity index (χ0n) is 21.8. The summed E-state index contributed by atoms with van der Waals surface area (Å²) in [4.78, 5) is 7.51. The van der Waals surface area contributed by atoms with E-state index in [4.69, 9.17) is 9.47 Å². The van der Waals surface area contributed by atoms with Crippen molar-refractivity contribution in [3.63, 3.8) is 0 Å². The third-order valence-electron chi connectivity index (χ3n) is 9.54. The van der Waals surface area contributed by atoms with Gasteiger partial charge in [-0.2, -0.15) is 5.11 Å². The Hall–Kier alpha value is -1.05. The van der Waals surface area contributed by atoms with Gasteiger partial charge in [0.1, 0.15) is 18.9 Å². The monoisotopic (exact) mass is 530 g/mol. The maximum absolute atomic E-state index is 12.4. The van der Waals surface area contributed by atoms with E-state index in [1.165, 1.54) is 0 Å². The van der Waals surface area contributed by atoms with E-state index in [-0.39, 0.29) is 29.8 Å². The molecule has 4 saturated heterocycles. The van der Waals surface area contributed by atoms with Crippen LogP contribution < -0.4 is 5.43 Å². The summed E-state index contributed by atoms with van der Waals surface area (Å²) in [5.74, 6) is 0.229. The lowest BCUT2D eigenvalue weighted by molar-refractivity contribution is -0.345. The van der Waals surface area contributed by atoms with Gasteiger partial charge in [0.05, 0.1) is 17.7 Å². The fraction of sp³-hybridized carbons (Fsp3) is 1.00. The Labute approximate surface area is 217 Å². The molecule has 9 nitrogen and oxygen atoms in total. The summed E-state index contributed by atoms with van der Waals surface area (Å²) in [6.07, 6.45) is 3.16. The molecule has 5 aliphatic heterocycles. The fourth-order valence-corrected chi connectivity index (χ4v) is 7.04. The summed E-state index contributed by atoms with van der Waals surface area (Å²) in [5.41, 5.74) is 3.18. The topological polar surface area (TPSA) is 80.8 Å². The normalized spacial score (nSPS) is 43.6. The van der Waals surface area contributed by atoms with Crippen molar-refractivity contribution in [1.82, 2.24) is 20.1 Å². The van der Waals surface area contributed by atoms with E-state index in [0.717, 1.165) is 90.8 Å². The molecular formula is C25H41F3N6O3. The summed E-state index contributed by atoms with van der Waals surface area (Å²) < 4.78 is 53.7. The Morgan fingerprint density at radius 3 is 2.41 bits per heavy atom. The van der Waals surface area contributed by atoms with Crippen molar-refractivity contribution in [3.05, 3.63) is 0 Å². The van der Waals surface area contributed by atoms with E-state index in [1.807, 2.05) is 0 Å². The number of rotatable bonds is 7. The SMILES string of the molecule is CC12CCN(C3(N4CCCN(C5OC5CCC5CCC(OC(F)(F)F)CC5)CCC4)CO3)CC1N=NN2. The molecule has 6 aliphatic rings. The second-order valence-corrected chi connectivity index (χ2v) is 12.1. The molecule has 210 valence electrons. The summed E-state index contributed by atoms with van der Waals surface area (Å²) in [5, 5.41) is 8.54. The van der Waals surface area contributed by atoms with Crippen LogP contribution in [0.5, 0.6) is 0 Å². The number of hydrogen-bond acceptors (Lipinski definition) is 9. The fourth-order valence-electron chi connectivity index (χ4n) is 7.04. The Bertz CT molecular complexity index is 827. The van der Waals surface area contributed by atoms with E-state index in [1.54, 1.807) is 0 Å². The number of halogens is 3. The number of ether oxygens (including phenoxy) is 3. The molecule has 1 N–H and O–H groups in total. The maximum atomic E-state index is 12.4. The van der Waals surface area contributed by atoms with Crippen LogP contribution in [-0.4, -0.2) is 103 Å². The Morgan fingerprint density at radius 2 is 1.73 bits per heavy atom. The zero-order chi connectivity index (χ0) is 25.7. The summed E-state index contributed by atoms with van der Waals surface area (Å²) in [6.45, 7) is 8.91. The van der Waals surface area contributed by atoms with Gasteiger partial charge in [0.25, 0.3) is 0 Å². The van der Waals surface area contributed by atoms with Gasteiger partial charge in [-0.3, -0.25) is 24.9 Å². The van der Waals surface area contributed by atoms with Gasteiger partial charge in [-0.15, -0.1) is 13.2 Å². The van der Waals surface area contributed by atoms with Crippen LogP contribution in [0, 0.1) is 5.92 Å². The minimum atomic E-state index is -4.52. The first-order chi connectivity index (χ1) is 17.7. The second kappa shape index (κ2) is 10.2. The average Bonchev–Trinajstić information content (AvgIpc) is 3.75. The minimum Gasteiger partial charge on any atom is -0.353 e. The van der Waals surface area contributed by atoms with E-state index in [0.29, 0.717) is 18.8 Å². The van der Waals surface area contributed by atoms with Crippen molar-refractivity contribution in [3.8, 4) is 0 Å². The van der Waals surface area contributed by atoms with E-state index >= 15 is 0 Å². The van der Waals surface area contributed by atoms with Gasteiger partial charge in [-0.05, 0) is 70.6 Å². The van der Waals surface area contributed by atoms with Crippen LogP contribution in [-0.2, 0) is 14.2 Å². The van der Waals surface area contributed by atoms with Crippen molar-refractivity contribution in [2.24, 2.45) is 16.3 Å². The first kappa shape index (κ1) is 26.2. The number of alkyl halides is 3. The lowest BCUT2D eigenvalue weighted by Gasteiger charge is -2.45. The molecule has 6 rings (SSSR count). The summed E-state index contributed by atoms with van der Waals surface area (Å²) >= 11 is 0. The highest BCUT2D eigenvalue weighted by Crippen LogP contribution is 2.42. The molecule has 0 radical (unpaired) electrons. The summed E-state index contributed by atoms with van der Waals surface area (Å²) in [7, 11) is 0. The smallest absolute Gasteiger partial charge is 0.353 e. The van der Waals surface area contributed by atoms with E-state index < -0.39 is 12.5 Å². The van der Waals surface area contributed by atoms with Gasteiger partial charge in [0.15, 0.2) is 0 Å². The minimum absolute atomic E-state index is 0.0227. The highest BCUT2D eigenvalue weighted by molar-refractivity contribution is 5.06. The molecule has 1 aliphatic carbocycles. The van der Waals surface area contributed by atoms with Crippen LogP contribution in [0.15, 0.2) is 10.3 Å². The summed E-state index contributed by atoms with van der Waals surface area (Å²) in [6, 6.07) is 0.180. The lowest BCUT2D eigenvalue weighted by Crippen LogP contribution is -2.63. The molecular weight excluding hydrogens is 489 g/mol. The lowest BCUT2D eigenvalue weighted by atomic mass is 9.84. The van der Waals surface area contributed by atoms with Crippen LogP contribution in [0.25, 0.3) is 0 Å². The number of nitrogens with zero attached hydrogens (tertiary/aromatic N) is 5. The van der Waals surface area contributed by atoms with Crippen LogP contribution in [0.2, 0.25) is 0 Å². The molecule has 0 aromatic rings. The standard InChI is InChI=1S/C25H41F3N6O3/c1-23-10-15-34(16-21(23)29-31-30-23)24(17-35-24)33-13-2-11-32(12-3-14-33)22-20(36-22)9-6-18-4-7-19(8-5-18)37-25(26,27)28/h18-22H,2-17H2,1H3,(H,29,30). The van der Waals surface area contributed by atoms with Crippen LogP contribution in [0.4, 0.5) is 13.2 Å². The molecule has 0 aromatic heterocycles. The molecule has 37 heavy (non-hydrogen) atoms. The molecule has 5 fully saturated rings. The van der Waals surface area contributed by atoms with Gasteiger partial charge in [0.2, 0.25) is 5.85 Å². The third-order valence-corrected chi connectivity index (χ3v) is 9.54. The van der Waals surface area contributed by atoms with Crippen molar-refractivity contribution in [1.29, 1.82) is 0 Å². The van der Waals surface area contributed by atoms with Gasteiger partial charge in [-0.25, -0.2) is 0 Å². The van der Waals surface area contributed by atoms with Crippen molar-refractivity contribution < 1.29 is 27.4 Å². The largest absolute Gasteiger partial charge is 0.522 e. The number of hydrogen-bond donors (Lipinski definition) is 1. The molecule has 0 amide bonds. The van der Waals surface area contributed by atoms with Crippen LogP contribution in [0.3, 0.4) is 0 Å². The quantitative estimate of drug-likeness (QED) is 0.505. The highest BCUT2D eigenvalue weighted by atomic mass is 19.4. The first-order valence-electron chi connectivity index (χ1n) is 14.2. The predicted octanol–water partition coefficient (Wildman–Crippen LogP) is 3.47. The number of fused-ring (bicyclic) bond motifs is 1. The second-order valence-electron chi connectivity index (χ2n) is 12.1. The number of piperidine rings is 1. The van der Waals surface area contributed by atoms with Gasteiger partial charge in [-0.1, -0.05) is 5.22 Å². The molecule has 5 heterocycles. The maximum Gasteiger partial charge on any atom is 0.522 e. The molecule has 5 atom stereocenters. The Balaban J connectivity index is 0.913. The molecule has 12 heteroatoms. The van der Waals surface area contributed by atoms with E-state index in [2.05, 4.69) is 42.1 Å². The van der Waals surface area contributed by atoms with Crippen LogP contribution in [0.1, 0.15) is 64.7 Å². The average molecular weight is 531 g/mol. The Morgan fingerprint density at radius 1 is 1.00 bits per heavy atom. The van der Waals surface area contributed by atoms with Gasteiger partial charge in [0, 0.05) is 39.3 Å². The van der Waals surface area contributed by atoms with E-state index in [9.17, 15) is 13.2 Å². The van der Waals surface area contributed by atoms with Crippen LogP contribution >= 0.6 is 0 Å². The van der Waals surface area contributed by atoms with Gasteiger partial charge < -0.3 is 9.47 Å². The molecule has 1 saturated carbocycles. The zero-order valence-corrected chi connectivity index (χ0v) is 21.8. The molecule has 5 unspecified atom stereocenters. The van der Waals surface area contributed by atoms with Crippen molar-refractivity contribution in [2.75, 3.05) is 45.9 Å². The third kappa shape index (κ3) is 5.79. The molecule has 0 aromatic carbocycles. The number of epoxide rings is 2. The van der Waals surface area contributed by atoms with Crippen molar-refractivity contribution >= 4 is 0 Å². The van der Waals surface area contributed by atoms with Gasteiger partial charge >= 0.3 is 6.36 Å². The predicted molar refractivity (Wildman–Crippen MR) is 128 cm³/mol. The number of likely N-dealkylation sites (tertiary alicyclic amines) is 1. The number of nitrogens with one attached hydrogen (secondary N) is 1. The Kier molecular flexibility index (Phi) is 7.19. The van der Waals surface area contributed by atoms with Crippen molar-refractivity contribution in [2.45, 2.75) is 107 Å². The highest BCUT2D eigenvalue weighted by Gasteiger charge is 2.58. The molecule has 0 spiro atoms.